The van der Waals surface area contributed by atoms with Crippen LogP contribution in [0.15, 0.2) is 30.3 Å². The second kappa shape index (κ2) is 6.76. The Morgan fingerprint density at radius 3 is 2.30 bits per heavy atom. The van der Waals surface area contributed by atoms with E-state index < -0.39 is 23.5 Å². The lowest BCUT2D eigenvalue weighted by atomic mass is 10.1. The average Bonchev–Trinajstić information content (AvgIpc) is 2.35. The van der Waals surface area contributed by atoms with E-state index in [1.165, 1.54) is 0 Å². The predicted molar refractivity (Wildman–Crippen MR) is 76.6 cm³/mol. The van der Waals surface area contributed by atoms with E-state index >= 15 is 0 Å². The first-order valence-electron chi connectivity index (χ1n) is 6.34. The summed E-state index contributed by atoms with van der Waals surface area (Å²) in [5.41, 5.74) is 0.0404. The summed E-state index contributed by atoms with van der Waals surface area (Å²) >= 11 is 0. The van der Waals surface area contributed by atoms with Gasteiger partial charge in [-0.05, 0) is 39.2 Å². The quantitative estimate of drug-likeness (QED) is 0.678. The molecule has 20 heavy (non-hydrogen) atoms. The van der Waals surface area contributed by atoms with Crippen molar-refractivity contribution in [1.29, 1.82) is 0 Å². The van der Waals surface area contributed by atoms with E-state index in [2.05, 4.69) is 17.2 Å². The lowest BCUT2D eigenvalue weighted by molar-refractivity contribution is -0.158. The third kappa shape index (κ3) is 5.15. The summed E-state index contributed by atoms with van der Waals surface area (Å²) in [6.45, 7) is 6.90. The summed E-state index contributed by atoms with van der Waals surface area (Å²) in [7, 11) is 0. The number of nitrogens with one attached hydrogen (secondary N) is 1. The number of ether oxygens (including phenoxy) is 1. The number of carbonyl (C=O) groups excluding carboxylic acids is 2. The summed E-state index contributed by atoms with van der Waals surface area (Å²) in [5, 5.41) is 2.57. The first-order valence-corrected chi connectivity index (χ1v) is 6.34. The molecule has 1 rings (SSSR count). The van der Waals surface area contributed by atoms with Gasteiger partial charge in [-0.2, -0.15) is 0 Å². The highest BCUT2D eigenvalue weighted by atomic mass is 16.6. The van der Waals surface area contributed by atoms with Crippen molar-refractivity contribution in [3.05, 3.63) is 35.9 Å². The van der Waals surface area contributed by atoms with E-state index in [-0.39, 0.29) is 0 Å². The fraction of sp³-hybridized carbons (Fsp3) is 0.375. The van der Waals surface area contributed by atoms with Gasteiger partial charge in [-0.25, -0.2) is 4.79 Å². The highest BCUT2D eigenvalue weighted by Gasteiger charge is 2.27. The number of hydrogen-bond acceptors (Lipinski definition) is 3. The first-order chi connectivity index (χ1) is 9.33. The molecule has 4 nitrogen and oxygen atoms in total. The summed E-state index contributed by atoms with van der Waals surface area (Å²) in [5.74, 6) is 3.84. The van der Waals surface area contributed by atoms with Crippen LogP contribution in [0.5, 0.6) is 0 Å². The average molecular weight is 273 g/mol. The Hall–Kier alpha value is -2.28. The molecule has 106 valence electrons. The zero-order valence-electron chi connectivity index (χ0n) is 12.2. The molecular formula is C16H19NO3. The molecule has 0 saturated carbocycles. The second-order valence-corrected chi connectivity index (χ2v) is 5.23. The minimum absolute atomic E-state index is 0.505. The molecule has 0 fully saturated rings. The number of rotatable bonds is 3. The number of esters is 1. The van der Waals surface area contributed by atoms with Crippen LogP contribution in [0.1, 0.15) is 39.3 Å². The highest BCUT2D eigenvalue weighted by Crippen LogP contribution is 2.18. The zero-order valence-corrected chi connectivity index (χ0v) is 12.2. The van der Waals surface area contributed by atoms with Gasteiger partial charge in [-0.15, -0.1) is 0 Å². The molecule has 4 heteroatoms. The van der Waals surface area contributed by atoms with Crippen LogP contribution >= 0.6 is 0 Å². The van der Waals surface area contributed by atoms with Gasteiger partial charge in [0.15, 0.2) is 6.04 Å². The van der Waals surface area contributed by atoms with Crippen molar-refractivity contribution in [2.24, 2.45) is 0 Å². The molecule has 1 atom stereocenters. The Morgan fingerprint density at radius 1 is 1.20 bits per heavy atom. The molecule has 0 bridgehead atoms. The van der Waals surface area contributed by atoms with Gasteiger partial charge in [0.25, 0.3) is 5.91 Å². The van der Waals surface area contributed by atoms with E-state index in [0.717, 1.165) is 0 Å². The number of carbonyl (C=O) groups is 2. The van der Waals surface area contributed by atoms with Gasteiger partial charge in [0.05, 0.1) is 0 Å². The highest BCUT2D eigenvalue weighted by molar-refractivity contribution is 5.96. The van der Waals surface area contributed by atoms with Crippen LogP contribution in [0.3, 0.4) is 0 Å². The monoisotopic (exact) mass is 273 g/mol. The Morgan fingerprint density at radius 2 is 1.80 bits per heavy atom. The maximum Gasteiger partial charge on any atom is 0.333 e. The molecule has 0 spiro atoms. The molecule has 0 radical (unpaired) electrons. The molecule has 0 aliphatic rings. The van der Waals surface area contributed by atoms with E-state index in [1.807, 2.05) is 6.07 Å². The summed E-state index contributed by atoms with van der Waals surface area (Å²) in [4.78, 5) is 23.8. The molecule has 0 aromatic heterocycles. The molecule has 1 aromatic rings. The van der Waals surface area contributed by atoms with E-state index in [9.17, 15) is 9.59 Å². The maximum atomic E-state index is 12.2. The van der Waals surface area contributed by atoms with Gasteiger partial charge >= 0.3 is 5.97 Å². The zero-order chi connectivity index (χ0) is 15.2. The number of benzene rings is 1. The van der Waals surface area contributed by atoms with E-state index in [1.54, 1.807) is 52.0 Å². The van der Waals surface area contributed by atoms with Crippen molar-refractivity contribution in [2.45, 2.75) is 39.3 Å². The molecule has 1 aromatic carbocycles. The summed E-state index contributed by atoms with van der Waals surface area (Å²) < 4.78 is 5.33. The Balaban J connectivity index is 2.98. The molecular weight excluding hydrogens is 254 g/mol. The Bertz CT molecular complexity index is 532. The van der Waals surface area contributed by atoms with Crippen LogP contribution in [-0.4, -0.2) is 17.5 Å². The first kappa shape index (κ1) is 15.8. The van der Waals surface area contributed by atoms with Crippen LogP contribution in [0.2, 0.25) is 0 Å². The minimum Gasteiger partial charge on any atom is -0.458 e. The van der Waals surface area contributed by atoms with Crippen LogP contribution in [0.25, 0.3) is 0 Å². The van der Waals surface area contributed by atoms with Crippen molar-refractivity contribution in [1.82, 2.24) is 5.32 Å². The van der Waals surface area contributed by atoms with Crippen molar-refractivity contribution in [2.75, 3.05) is 0 Å². The van der Waals surface area contributed by atoms with Gasteiger partial charge in [0.1, 0.15) is 5.60 Å². The normalized spacial score (nSPS) is 11.8. The SMILES string of the molecule is CC#CC(=O)N[C@H](C(=O)OC(C)(C)C)c1ccccc1. The predicted octanol–water partition coefficient (Wildman–Crippen LogP) is 2.21. The van der Waals surface area contributed by atoms with Crippen LogP contribution in [0.4, 0.5) is 0 Å². The topological polar surface area (TPSA) is 55.4 Å². The molecule has 0 heterocycles. The maximum absolute atomic E-state index is 12.2. The van der Waals surface area contributed by atoms with Crippen molar-refractivity contribution in [3.8, 4) is 11.8 Å². The summed E-state index contributed by atoms with van der Waals surface area (Å²) in [6.07, 6.45) is 0. The van der Waals surface area contributed by atoms with Crippen molar-refractivity contribution >= 4 is 11.9 Å². The van der Waals surface area contributed by atoms with E-state index in [4.69, 9.17) is 4.74 Å². The van der Waals surface area contributed by atoms with Crippen molar-refractivity contribution < 1.29 is 14.3 Å². The molecule has 0 saturated heterocycles. The van der Waals surface area contributed by atoms with Gasteiger partial charge in [0, 0.05) is 0 Å². The van der Waals surface area contributed by atoms with Gasteiger partial charge in [-0.3, -0.25) is 4.79 Å². The standard InChI is InChI=1S/C16H19NO3/c1-5-9-13(18)17-14(12-10-7-6-8-11-12)15(19)20-16(2,3)4/h6-8,10-11,14H,1-4H3,(H,17,18)/t14-/m0/s1. The van der Waals surface area contributed by atoms with Gasteiger partial charge in [0.2, 0.25) is 0 Å². The minimum atomic E-state index is -0.858. The Kier molecular flexibility index (Phi) is 5.33. The third-order valence-electron chi connectivity index (χ3n) is 2.29. The van der Waals surface area contributed by atoms with E-state index in [0.29, 0.717) is 5.56 Å². The Labute approximate surface area is 119 Å². The van der Waals surface area contributed by atoms with Crippen LogP contribution < -0.4 is 5.32 Å². The van der Waals surface area contributed by atoms with Crippen molar-refractivity contribution in [3.63, 3.8) is 0 Å². The lowest BCUT2D eigenvalue weighted by Crippen LogP contribution is -2.37. The fourth-order valence-corrected chi connectivity index (χ4v) is 1.57. The van der Waals surface area contributed by atoms with Crippen LogP contribution in [0, 0.1) is 11.8 Å². The molecule has 1 N–H and O–H groups in total. The fourth-order valence-electron chi connectivity index (χ4n) is 1.57. The second-order valence-electron chi connectivity index (χ2n) is 5.23. The number of amides is 1. The summed E-state index contributed by atoms with van der Waals surface area (Å²) in [6, 6.07) is 8.09. The lowest BCUT2D eigenvalue weighted by Gasteiger charge is -2.24. The number of hydrogen-bond donors (Lipinski definition) is 1. The molecule has 0 unspecified atom stereocenters. The smallest absolute Gasteiger partial charge is 0.333 e. The third-order valence-corrected chi connectivity index (χ3v) is 2.29. The molecule has 1 amide bonds. The van der Waals surface area contributed by atoms with Crippen LogP contribution in [-0.2, 0) is 14.3 Å². The largest absolute Gasteiger partial charge is 0.458 e. The molecule has 0 aliphatic carbocycles. The van der Waals surface area contributed by atoms with Gasteiger partial charge < -0.3 is 10.1 Å². The van der Waals surface area contributed by atoms with Gasteiger partial charge in [-0.1, -0.05) is 36.3 Å². The molecule has 0 aliphatic heterocycles.